The number of hydrogen-bond donors (Lipinski definition) is 0. The van der Waals surface area contributed by atoms with Gasteiger partial charge in [-0.1, -0.05) is 0 Å². The molecule has 0 fully saturated rings. The molecule has 0 aliphatic rings. The normalized spacial score (nSPS) is 8.90. The highest BCUT2D eigenvalue weighted by molar-refractivity contribution is 5.35. The number of nitrogens with zero attached hydrogens (tertiary/aromatic N) is 3. The molecule has 0 N–H and O–H groups in total. The molecule has 1 aromatic heterocycles. The zero-order chi connectivity index (χ0) is 7.56. The van der Waals surface area contributed by atoms with Crippen molar-refractivity contribution in [2.45, 2.75) is 0 Å². The van der Waals surface area contributed by atoms with Crippen LogP contribution in [0.4, 0.5) is 0 Å². The Balaban J connectivity index is 3.16. The van der Waals surface area contributed by atoms with Crippen molar-refractivity contribution in [2.24, 2.45) is 7.05 Å². The molecule has 0 aromatic carbocycles. The van der Waals surface area contributed by atoms with Crippen LogP contribution in [0.15, 0.2) is 0 Å². The van der Waals surface area contributed by atoms with Gasteiger partial charge < -0.3 is 4.74 Å². The maximum Gasteiger partial charge on any atom is 0.230 e. The fourth-order valence-electron chi connectivity index (χ4n) is 0.687. The smallest absolute Gasteiger partial charge is 0.230 e. The van der Waals surface area contributed by atoms with E-state index in [4.69, 9.17) is 10.00 Å². The predicted octanol–water partition coefficient (Wildman–Crippen LogP) is 0.101. The molecule has 0 bridgehead atoms. The Morgan fingerprint density at radius 3 is 2.90 bits per heavy atom. The van der Waals surface area contributed by atoms with Crippen molar-refractivity contribution in [1.82, 2.24) is 9.78 Å². The Labute approximate surface area is 58.6 Å². The molecule has 0 saturated carbocycles. The summed E-state index contributed by atoms with van der Waals surface area (Å²) in [5, 5.41) is 12.2. The van der Waals surface area contributed by atoms with Gasteiger partial charge in [0, 0.05) is 7.05 Å². The molecule has 0 aliphatic heterocycles. The molecule has 0 aliphatic carbocycles. The van der Waals surface area contributed by atoms with E-state index in [1.165, 1.54) is 11.8 Å². The Bertz CT molecular complexity index is 271. The summed E-state index contributed by atoms with van der Waals surface area (Å²) in [5.41, 5.74) is 0.338. The van der Waals surface area contributed by atoms with Gasteiger partial charge in [-0.2, -0.15) is 10.4 Å². The summed E-state index contributed by atoms with van der Waals surface area (Å²) >= 11 is 0. The molecule has 4 heteroatoms. The van der Waals surface area contributed by atoms with Gasteiger partial charge in [0.25, 0.3) is 0 Å². The lowest BCUT2D eigenvalue weighted by atomic mass is 10.4. The number of methoxy groups -OCH3 is 1. The van der Waals surface area contributed by atoms with Crippen molar-refractivity contribution < 1.29 is 4.74 Å². The Hall–Kier alpha value is -1.50. The molecule has 10 heavy (non-hydrogen) atoms. The molecule has 0 saturated heterocycles. The fraction of sp³-hybridized carbons (Fsp3) is 0.333. The van der Waals surface area contributed by atoms with Crippen LogP contribution in [-0.2, 0) is 7.05 Å². The van der Waals surface area contributed by atoms with E-state index >= 15 is 0 Å². The number of nitriles is 1. The maximum absolute atomic E-state index is 8.45. The number of ether oxygens (including phenoxy) is 1. The first-order valence-electron chi connectivity index (χ1n) is 2.68. The van der Waals surface area contributed by atoms with E-state index in [-0.39, 0.29) is 0 Å². The van der Waals surface area contributed by atoms with Gasteiger partial charge in [0.1, 0.15) is 17.8 Å². The van der Waals surface area contributed by atoms with Gasteiger partial charge in [-0.25, -0.2) is 4.68 Å². The van der Waals surface area contributed by atoms with E-state index in [0.717, 1.165) is 0 Å². The van der Waals surface area contributed by atoms with Gasteiger partial charge in [-0.3, -0.25) is 0 Å². The third-order valence-corrected chi connectivity index (χ3v) is 1.12. The lowest BCUT2D eigenvalue weighted by Crippen LogP contribution is -1.95. The monoisotopic (exact) mass is 136 g/mol. The summed E-state index contributed by atoms with van der Waals surface area (Å²) in [5.74, 6) is 0.447. The molecule has 1 radical (unpaired) electrons. The Kier molecular flexibility index (Phi) is 1.59. The molecule has 1 rings (SSSR count). The minimum atomic E-state index is 0.338. The van der Waals surface area contributed by atoms with E-state index in [9.17, 15) is 0 Å². The van der Waals surface area contributed by atoms with Crippen molar-refractivity contribution >= 4 is 0 Å². The summed E-state index contributed by atoms with van der Waals surface area (Å²) in [4.78, 5) is 0. The molecule has 0 atom stereocenters. The molecule has 1 aromatic rings. The second-order valence-corrected chi connectivity index (χ2v) is 1.73. The maximum atomic E-state index is 8.45. The first kappa shape index (κ1) is 6.62. The van der Waals surface area contributed by atoms with Crippen LogP contribution < -0.4 is 4.74 Å². The molecule has 0 unspecified atom stereocenters. The predicted molar refractivity (Wildman–Crippen MR) is 33.3 cm³/mol. The van der Waals surface area contributed by atoms with Crippen LogP contribution in [-0.4, -0.2) is 16.9 Å². The lowest BCUT2D eigenvalue weighted by Gasteiger charge is -1.97. The molecule has 51 valence electrons. The van der Waals surface area contributed by atoms with Gasteiger partial charge in [0.05, 0.1) is 7.11 Å². The van der Waals surface area contributed by atoms with Crippen LogP contribution in [0.25, 0.3) is 0 Å². The summed E-state index contributed by atoms with van der Waals surface area (Å²) in [6.45, 7) is 0. The van der Waals surface area contributed by atoms with Crippen molar-refractivity contribution in [3.05, 3.63) is 11.8 Å². The summed E-state index contributed by atoms with van der Waals surface area (Å²) in [6, 6.07) is 1.90. The molecule has 1 heterocycles. The van der Waals surface area contributed by atoms with Crippen LogP contribution >= 0.6 is 0 Å². The molecular formula is C6H6N3O. The number of aromatic nitrogens is 2. The lowest BCUT2D eigenvalue weighted by molar-refractivity contribution is 0.372. The van der Waals surface area contributed by atoms with E-state index < -0.39 is 0 Å². The quantitative estimate of drug-likeness (QED) is 0.550. The van der Waals surface area contributed by atoms with E-state index in [0.29, 0.717) is 11.4 Å². The Morgan fingerprint density at radius 2 is 2.50 bits per heavy atom. The number of rotatable bonds is 1. The fourth-order valence-corrected chi connectivity index (χ4v) is 0.687. The number of aryl methyl sites for hydroxylation is 1. The van der Waals surface area contributed by atoms with E-state index in [1.54, 1.807) is 7.05 Å². The molecular weight excluding hydrogens is 130 g/mol. The highest BCUT2D eigenvalue weighted by atomic mass is 16.5. The highest BCUT2D eigenvalue weighted by Gasteiger charge is 2.06. The van der Waals surface area contributed by atoms with Crippen molar-refractivity contribution in [3.63, 3.8) is 0 Å². The first-order valence-corrected chi connectivity index (χ1v) is 2.68. The van der Waals surface area contributed by atoms with Gasteiger partial charge in [-0.05, 0) is 0 Å². The molecule has 4 nitrogen and oxygen atoms in total. The van der Waals surface area contributed by atoms with E-state index in [2.05, 4.69) is 11.3 Å². The Morgan fingerprint density at radius 1 is 1.80 bits per heavy atom. The van der Waals surface area contributed by atoms with Crippen LogP contribution in [0.5, 0.6) is 5.88 Å². The topological polar surface area (TPSA) is 50.8 Å². The standard InChI is InChI=1S/C6H6N3O/c1-9-6(10-2)5(3-7)4-8-9/h1-2H3. The second kappa shape index (κ2) is 2.40. The van der Waals surface area contributed by atoms with Crippen molar-refractivity contribution in [1.29, 1.82) is 5.26 Å². The van der Waals surface area contributed by atoms with Crippen LogP contribution in [0.3, 0.4) is 0 Å². The minimum absolute atomic E-state index is 0.338. The zero-order valence-electron chi connectivity index (χ0n) is 5.75. The first-order chi connectivity index (χ1) is 4.79. The SMILES string of the molecule is COc1c(C#N)[c]nn1C. The third kappa shape index (κ3) is 0.818. The number of hydrogen-bond acceptors (Lipinski definition) is 3. The average Bonchev–Trinajstić information content (AvgIpc) is 2.30. The van der Waals surface area contributed by atoms with Crippen molar-refractivity contribution in [3.8, 4) is 11.9 Å². The van der Waals surface area contributed by atoms with Gasteiger partial charge in [-0.15, -0.1) is 0 Å². The van der Waals surface area contributed by atoms with Crippen LogP contribution in [0.1, 0.15) is 5.56 Å². The third-order valence-electron chi connectivity index (χ3n) is 1.12. The second-order valence-electron chi connectivity index (χ2n) is 1.73. The van der Waals surface area contributed by atoms with E-state index in [1.807, 2.05) is 6.07 Å². The van der Waals surface area contributed by atoms with Crippen LogP contribution in [0, 0.1) is 17.5 Å². The van der Waals surface area contributed by atoms with Crippen LogP contribution in [0.2, 0.25) is 0 Å². The highest BCUT2D eigenvalue weighted by Crippen LogP contribution is 2.12. The largest absolute Gasteiger partial charge is 0.480 e. The van der Waals surface area contributed by atoms with Crippen molar-refractivity contribution in [2.75, 3.05) is 7.11 Å². The summed E-state index contributed by atoms with van der Waals surface area (Å²) < 4.78 is 6.31. The van der Waals surface area contributed by atoms with Gasteiger partial charge in [0.2, 0.25) is 5.88 Å². The van der Waals surface area contributed by atoms with Gasteiger partial charge >= 0.3 is 0 Å². The molecule has 0 spiro atoms. The summed E-state index contributed by atoms with van der Waals surface area (Å²) in [7, 11) is 3.18. The zero-order valence-corrected chi connectivity index (χ0v) is 5.75. The summed E-state index contributed by atoms with van der Waals surface area (Å²) in [6.07, 6.45) is 2.50. The van der Waals surface area contributed by atoms with Gasteiger partial charge in [0.15, 0.2) is 0 Å². The average molecular weight is 136 g/mol. The molecule has 0 amide bonds. The minimum Gasteiger partial charge on any atom is -0.480 e.